The molecule has 0 aliphatic rings. The van der Waals surface area contributed by atoms with Crippen molar-refractivity contribution in [2.45, 2.75) is 25.3 Å². The van der Waals surface area contributed by atoms with Crippen LogP contribution in [-0.2, 0) is 19.0 Å². The van der Waals surface area contributed by atoms with Gasteiger partial charge in [-0.15, -0.1) is 0 Å². The van der Waals surface area contributed by atoms with Crippen molar-refractivity contribution in [1.29, 1.82) is 0 Å². The Morgan fingerprint density at radius 1 is 1.33 bits per heavy atom. The minimum absolute atomic E-state index is 0.327. The molecule has 0 aliphatic heterocycles. The molecule has 2 aromatic rings. The first-order valence-electron chi connectivity index (χ1n) is 6.00. The fourth-order valence-corrected chi connectivity index (χ4v) is 2.25. The highest BCUT2D eigenvalue weighted by Gasteiger charge is 2.21. The number of benzene rings is 1. The summed E-state index contributed by atoms with van der Waals surface area (Å²) < 4.78 is 3.11. The van der Waals surface area contributed by atoms with E-state index in [2.05, 4.69) is 40.0 Å². The van der Waals surface area contributed by atoms with Crippen LogP contribution in [0.2, 0.25) is 0 Å². The number of aromatic nitrogens is 2. The maximum atomic E-state index is 6.40. The summed E-state index contributed by atoms with van der Waals surface area (Å²) in [7, 11) is 2.01. The first-order chi connectivity index (χ1) is 8.49. The average molecular weight is 308 g/mol. The lowest BCUT2D eigenvalue weighted by atomic mass is 9.88. The first kappa shape index (κ1) is 13.3. The SMILES string of the molecule is Cn1ccnc1CCC(C)(N)c1ccc(Br)cc1. The highest BCUT2D eigenvalue weighted by molar-refractivity contribution is 9.10. The molecule has 0 saturated carbocycles. The topological polar surface area (TPSA) is 43.8 Å². The third-order valence-electron chi connectivity index (χ3n) is 3.29. The van der Waals surface area contributed by atoms with Crippen LogP contribution < -0.4 is 5.73 Å². The monoisotopic (exact) mass is 307 g/mol. The third-order valence-corrected chi connectivity index (χ3v) is 3.82. The van der Waals surface area contributed by atoms with E-state index in [1.54, 1.807) is 0 Å². The van der Waals surface area contributed by atoms with Crippen LogP contribution in [0.1, 0.15) is 24.7 Å². The van der Waals surface area contributed by atoms with E-state index in [1.807, 2.05) is 36.1 Å². The number of halogens is 1. The van der Waals surface area contributed by atoms with Gasteiger partial charge in [-0.05, 0) is 31.0 Å². The molecular formula is C14H18BrN3. The molecule has 1 aromatic carbocycles. The zero-order chi connectivity index (χ0) is 13.2. The summed E-state index contributed by atoms with van der Waals surface area (Å²) in [6.07, 6.45) is 5.54. The van der Waals surface area contributed by atoms with Gasteiger partial charge in [-0.1, -0.05) is 28.1 Å². The van der Waals surface area contributed by atoms with Crippen LogP contribution in [0.5, 0.6) is 0 Å². The summed E-state index contributed by atoms with van der Waals surface area (Å²) in [6.45, 7) is 2.07. The molecule has 2 rings (SSSR count). The third kappa shape index (κ3) is 3.00. The molecule has 0 radical (unpaired) electrons. The molecule has 4 heteroatoms. The van der Waals surface area contributed by atoms with Crippen LogP contribution in [0.4, 0.5) is 0 Å². The van der Waals surface area contributed by atoms with Crippen molar-refractivity contribution in [3.8, 4) is 0 Å². The molecule has 0 bridgehead atoms. The lowest BCUT2D eigenvalue weighted by Gasteiger charge is -2.25. The van der Waals surface area contributed by atoms with Gasteiger partial charge in [0.25, 0.3) is 0 Å². The minimum Gasteiger partial charge on any atom is -0.338 e. The number of aryl methyl sites for hydroxylation is 2. The first-order valence-corrected chi connectivity index (χ1v) is 6.79. The largest absolute Gasteiger partial charge is 0.338 e. The fraction of sp³-hybridized carbons (Fsp3) is 0.357. The zero-order valence-corrected chi connectivity index (χ0v) is 12.3. The molecule has 18 heavy (non-hydrogen) atoms. The predicted molar refractivity (Wildman–Crippen MR) is 77.2 cm³/mol. The smallest absolute Gasteiger partial charge is 0.108 e. The molecule has 3 nitrogen and oxygen atoms in total. The number of imidazole rings is 1. The van der Waals surface area contributed by atoms with Gasteiger partial charge in [0.1, 0.15) is 5.82 Å². The number of hydrogen-bond acceptors (Lipinski definition) is 2. The Morgan fingerprint density at radius 2 is 2.00 bits per heavy atom. The summed E-state index contributed by atoms with van der Waals surface area (Å²) in [6, 6.07) is 8.20. The normalized spacial score (nSPS) is 14.4. The number of nitrogens with two attached hydrogens (primary N) is 1. The van der Waals surface area contributed by atoms with Gasteiger partial charge in [0.15, 0.2) is 0 Å². The van der Waals surface area contributed by atoms with Crippen LogP contribution in [0, 0.1) is 0 Å². The van der Waals surface area contributed by atoms with Crippen LogP contribution in [-0.4, -0.2) is 9.55 Å². The molecule has 0 spiro atoms. The Labute approximate surface area is 116 Å². The molecule has 1 aromatic heterocycles. The quantitative estimate of drug-likeness (QED) is 0.943. The molecule has 96 valence electrons. The van der Waals surface area contributed by atoms with Crippen molar-refractivity contribution >= 4 is 15.9 Å². The summed E-state index contributed by atoms with van der Waals surface area (Å²) in [5.41, 5.74) is 7.23. The van der Waals surface area contributed by atoms with Crippen molar-refractivity contribution < 1.29 is 0 Å². The number of rotatable bonds is 4. The van der Waals surface area contributed by atoms with Gasteiger partial charge in [-0.25, -0.2) is 4.98 Å². The van der Waals surface area contributed by atoms with Gasteiger partial charge in [0.05, 0.1) is 0 Å². The Hall–Kier alpha value is -1.13. The van der Waals surface area contributed by atoms with E-state index in [0.29, 0.717) is 0 Å². The van der Waals surface area contributed by atoms with Crippen LogP contribution >= 0.6 is 15.9 Å². The highest BCUT2D eigenvalue weighted by Crippen LogP contribution is 2.24. The van der Waals surface area contributed by atoms with Gasteiger partial charge in [-0.3, -0.25) is 0 Å². The summed E-state index contributed by atoms with van der Waals surface area (Å²) in [4.78, 5) is 4.33. The second-order valence-electron chi connectivity index (χ2n) is 4.88. The van der Waals surface area contributed by atoms with Crippen molar-refractivity contribution in [3.05, 3.63) is 52.5 Å². The second kappa shape index (κ2) is 5.24. The van der Waals surface area contributed by atoms with E-state index in [4.69, 9.17) is 5.73 Å². The van der Waals surface area contributed by atoms with Gasteiger partial charge < -0.3 is 10.3 Å². The van der Waals surface area contributed by atoms with Crippen molar-refractivity contribution in [1.82, 2.24) is 9.55 Å². The summed E-state index contributed by atoms with van der Waals surface area (Å²) in [5.74, 6) is 1.07. The Bertz CT molecular complexity index is 514. The maximum Gasteiger partial charge on any atom is 0.108 e. The van der Waals surface area contributed by atoms with E-state index in [-0.39, 0.29) is 5.54 Å². The zero-order valence-electron chi connectivity index (χ0n) is 10.7. The lowest BCUT2D eigenvalue weighted by Crippen LogP contribution is -2.33. The highest BCUT2D eigenvalue weighted by atomic mass is 79.9. The van der Waals surface area contributed by atoms with Gasteiger partial charge >= 0.3 is 0 Å². The molecule has 2 N–H and O–H groups in total. The number of nitrogens with zero attached hydrogens (tertiary/aromatic N) is 2. The van der Waals surface area contributed by atoms with Crippen molar-refractivity contribution in [3.63, 3.8) is 0 Å². The van der Waals surface area contributed by atoms with E-state index in [1.165, 1.54) is 0 Å². The number of hydrogen-bond donors (Lipinski definition) is 1. The molecule has 0 aliphatic carbocycles. The fourth-order valence-electron chi connectivity index (χ4n) is 1.98. The van der Waals surface area contributed by atoms with Crippen LogP contribution in [0.3, 0.4) is 0 Å². The van der Waals surface area contributed by atoms with E-state index < -0.39 is 0 Å². The molecule has 1 unspecified atom stereocenters. The van der Waals surface area contributed by atoms with E-state index in [9.17, 15) is 0 Å². The molecule has 0 amide bonds. The van der Waals surface area contributed by atoms with E-state index >= 15 is 0 Å². The van der Waals surface area contributed by atoms with E-state index in [0.717, 1.165) is 28.7 Å². The maximum absolute atomic E-state index is 6.40. The molecule has 1 heterocycles. The summed E-state index contributed by atoms with van der Waals surface area (Å²) in [5, 5.41) is 0. The standard InChI is InChI=1S/C14H18BrN3/c1-14(16,11-3-5-12(15)6-4-11)8-7-13-17-9-10-18(13)2/h3-6,9-10H,7-8,16H2,1-2H3. The second-order valence-corrected chi connectivity index (χ2v) is 5.79. The summed E-state index contributed by atoms with van der Waals surface area (Å²) >= 11 is 3.44. The Balaban J connectivity index is 2.07. The van der Waals surface area contributed by atoms with Crippen molar-refractivity contribution in [2.75, 3.05) is 0 Å². The van der Waals surface area contributed by atoms with Crippen molar-refractivity contribution in [2.24, 2.45) is 12.8 Å². The van der Waals surface area contributed by atoms with Gasteiger partial charge in [-0.2, -0.15) is 0 Å². The van der Waals surface area contributed by atoms with Gasteiger partial charge in [0.2, 0.25) is 0 Å². The molecule has 0 fully saturated rings. The van der Waals surface area contributed by atoms with Crippen LogP contribution in [0.15, 0.2) is 41.1 Å². The predicted octanol–water partition coefficient (Wildman–Crippen LogP) is 2.99. The molecular weight excluding hydrogens is 290 g/mol. The Morgan fingerprint density at radius 3 is 2.56 bits per heavy atom. The molecule has 0 saturated heterocycles. The van der Waals surface area contributed by atoms with Gasteiger partial charge in [0, 0.05) is 35.9 Å². The van der Waals surface area contributed by atoms with Crippen LogP contribution in [0.25, 0.3) is 0 Å². The minimum atomic E-state index is -0.327. The Kier molecular flexibility index (Phi) is 3.88. The molecule has 1 atom stereocenters. The lowest BCUT2D eigenvalue weighted by molar-refractivity contribution is 0.444. The average Bonchev–Trinajstić information content (AvgIpc) is 2.73.